The first-order chi connectivity index (χ1) is 8.83. The van der Waals surface area contributed by atoms with Gasteiger partial charge in [0.1, 0.15) is 0 Å². The smallest absolute Gasteiger partial charge is 0.0121 e. The molecule has 0 heterocycles. The average Bonchev–Trinajstić information content (AvgIpc) is 2.46. The molecule has 18 heavy (non-hydrogen) atoms. The summed E-state index contributed by atoms with van der Waals surface area (Å²) in [4.78, 5) is 0. The minimum absolute atomic E-state index is 0.494. The Hall–Kier alpha value is -1.56. The van der Waals surface area contributed by atoms with Crippen LogP contribution in [0.25, 0.3) is 0 Å². The van der Waals surface area contributed by atoms with Crippen molar-refractivity contribution in [3.63, 3.8) is 0 Å². The van der Waals surface area contributed by atoms with E-state index in [2.05, 4.69) is 74.5 Å². The van der Waals surface area contributed by atoms with Crippen LogP contribution in [0.2, 0.25) is 0 Å². The molecule has 1 atom stereocenters. The summed E-state index contributed by atoms with van der Waals surface area (Å²) in [6.07, 6.45) is 2.36. The Morgan fingerprint density at radius 3 is 2.00 bits per heavy atom. The van der Waals surface area contributed by atoms with Gasteiger partial charge in [-0.2, -0.15) is 0 Å². The van der Waals surface area contributed by atoms with Gasteiger partial charge in [-0.15, -0.1) is 0 Å². The van der Waals surface area contributed by atoms with Crippen LogP contribution >= 0.6 is 0 Å². The lowest BCUT2D eigenvalue weighted by Gasteiger charge is -2.24. The number of benzene rings is 2. The Labute approximate surface area is 111 Å². The molecule has 2 aromatic carbocycles. The zero-order chi connectivity index (χ0) is 12.8. The fourth-order valence-electron chi connectivity index (χ4n) is 2.48. The van der Waals surface area contributed by atoms with E-state index in [4.69, 9.17) is 0 Å². The van der Waals surface area contributed by atoms with Gasteiger partial charge in [-0.1, -0.05) is 80.9 Å². The van der Waals surface area contributed by atoms with Gasteiger partial charge in [-0.3, -0.25) is 0 Å². The maximum absolute atomic E-state index is 2.31. The maximum Gasteiger partial charge on any atom is 0.0121 e. The van der Waals surface area contributed by atoms with Crippen molar-refractivity contribution in [2.24, 2.45) is 0 Å². The summed E-state index contributed by atoms with van der Waals surface area (Å²) in [5.41, 5.74) is 2.79. The van der Waals surface area contributed by atoms with Gasteiger partial charge in [-0.05, 0) is 23.5 Å². The summed E-state index contributed by atoms with van der Waals surface area (Å²) in [7, 11) is 0. The molecule has 0 spiro atoms. The lowest BCUT2D eigenvalue weighted by molar-refractivity contribution is 0.694. The second-order valence-electron chi connectivity index (χ2n) is 4.77. The van der Waals surface area contributed by atoms with E-state index in [9.17, 15) is 0 Å². The van der Waals surface area contributed by atoms with Gasteiger partial charge >= 0.3 is 0 Å². The highest BCUT2D eigenvalue weighted by molar-refractivity contribution is 5.38. The molecule has 2 rings (SSSR count). The molecule has 0 saturated heterocycles. The second-order valence-corrected chi connectivity index (χ2v) is 4.77. The molecule has 0 saturated carbocycles. The lowest BCUT2D eigenvalue weighted by atomic mass is 9.80. The van der Waals surface area contributed by atoms with Crippen molar-refractivity contribution >= 4 is 0 Å². The Bertz CT molecular complexity index is 444. The van der Waals surface area contributed by atoms with Gasteiger partial charge in [0, 0.05) is 5.92 Å². The van der Waals surface area contributed by atoms with Gasteiger partial charge in [0.15, 0.2) is 0 Å². The van der Waals surface area contributed by atoms with Crippen LogP contribution in [0, 0.1) is 5.92 Å². The van der Waals surface area contributed by atoms with E-state index in [1.807, 2.05) is 0 Å². The zero-order valence-corrected chi connectivity index (χ0v) is 11.3. The van der Waals surface area contributed by atoms with Crippen LogP contribution in [0.4, 0.5) is 0 Å². The van der Waals surface area contributed by atoms with Crippen LogP contribution in [0.3, 0.4) is 0 Å². The Morgan fingerprint density at radius 2 is 1.44 bits per heavy atom. The van der Waals surface area contributed by atoms with Crippen LogP contribution in [0.5, 0.6) is 0 Å². The van der Waals surface area contributed by atoms with Crippen molar-refractivity contribution in [1.29, 1.82) is 0 Å². The average molecular weight is 237 g/mol. The van der Waals surface area contributed by atoms with Crippen LogP contribution < -0.4 is 0 Å². The van der Waals surface area contributed by atoms with E-state index in [0.29, 0.717) is 5.92 Å². The quantitative estimate of drug-likeness (QED) is 0.669. The Balaban J connectivity index is 2.26. The molecule has 0 fully saturated rings. The van der Waals surface area contributed by atoms with Gasteiger partial charge < -0.3 is 0 Å². The van der Waals surface area contributed by atoms with E-state index in [-0.39, 0.29) is 0 Å². The lowest BCUT2D eigenvalue weighted by Crippen LogP contribution is -2.09. The van der Waals surface area contributed by atoms with Crippen LogP contribution in [0.15, 0.2) is 60.7 Å². The topological polar surface area (TPSA) is 0 Å². The molecule has 1 radical (unpaired) electrons. The van der Waals surface area contributed by atoms with Crippen LogP contribution in [-0.4, -0.2) is 0 Å². The van der Waals surface area contributed by atoms with Crippen molar-refractivity contribution < 1.29 is 0 Å². The molecule has 0 N–H and O–H groups in total. The molecule has 0 bridgehead atoms. The third-order valence-corrected chi connectivity index (χ3v) is 3.49. The highest BCUT2D eigenvalue weighted by Gasteiger charge is 2.20. The number of hydrogen-bond donors (Lipinski definition) is 0. The third kappa shape index (κ3) is 3.01. The molecule has 0 nitrogen and oxygen atoms in total. The standard InChI is InChI=1S/C18H21/c1-3-10-18(17-13-8-5-9-14-17)15(2)16-11-6-4-7-12-16/h4-9,11-15H,3,10H2,1-2H3. The Morgan fingerprint density at radius 1 is 0.889 bits per heavy atom. The van der Waals surface area contributed by atoms with Crippen LogP contribution in [-0.2, 0) is 0 Å². The summed E-state index contributed by atoms with van der Waals surface area (Å²) in [6.45, 7) is 4.56. The summed E-state index contributed by atoms with van der Waals surface area (Å²) >= 11 is 0. The van der Waals surface area contributed by atoms with E-state index < -0.39 is 0 Å². The maximum atomic E-state index is 2.31. The second kappa shape index (κ2) is 6.39. The van der Waals surface area contributed by atoms with Crippen molar-refractivity contribution in [1.82, 2.24) is 0 Å². The molecule has 0 aliphatic carbocycles. The van der Waals surface area contributed by atoms with Crippen molar-refractivity contribution in [3.05, 3.63) is 77.7 Å². The summed E-state index contributed by atoms with van der Waals surface area (Å²) in [5, 5.41) is 0. The first kappa shape index (κ1) is 12.9. The van der Waals surface area contributed by atoms with Crippen LogP contribution in [0.1, 0.15) is 43.7 Å². The molecule has 0 aliphatic rings. The van der Waals surface area contributed by atoms with E-state index >= 15 is 0 Å². The van der Waals surface area contributed by atoms with Crippen molar-refractivity contribution in [3.8, 4) is 0 Å². The minimum atomic E-state index is 0.494. The fourth-order valence-corrected chi connectivity index (χ4v) is 2.48. The van der Waals surface area contributed by atoms with Gasteiger partial charge in [0.2, 0.25) is 0 Å². The van der Waals surface area contributed by atoms with E-state index in [0.717, 1.165) is 0 Å². The summed E-state index contributed by atoms with van der Waals surface area (Å²) < 4.78 is 0. The largest absolute Gasteiger partial charge is 0.0653 e. The predicted octanol–water partition coefficient (Wildman–Crippen LogP) is 5.21. The normalized spacial score (nSPS) is 12.6. The van der Waals surface area contributed by atoms with Crippen molar-refractivity contribution in [2.75, 3.05) is 0 Å². The molecule has 0 amide bonds. The Kier molecular flexibility index (Phi) is 4.58. The molecule has 0 aliphatic heterocycles. The predicted molar refractivity (Wildman–Crippen MR) is 78.6 cm³/mol. The zero-order valence-electron chi connectivity index (χ0n) is 11.3. The summed E-state index contributed by atoms with van der Waals surface area (Å²) in [6, 6.07) is 21.6. The number of rotatable bonds is 5. The van der Waals surface area contributed by atoms with E-state index in [1.165, 1.54) is 24.0 Å². The SMILES string of the molecule is CCC[C](c1ccccc1)C(C)c1ccccc1. The van der Waals surface area contributed by atoms with Gasteiger partial charge in [0.25, 0.3) is 0 Å². The van der Waals surface area contributed by atoms with Gasteiger partial charge in [0.05, 0.1) is 0 Å². The fraction of sp³-hybridized carbons (Fsp3) is 0.278. The molecule has 0 aromatic heterocycles. The third-order valence-electron chi connectivity index (χ3n) is 3.49. The van der Waals surface area contributed by atoms with E-state index in [1.54, 1.807) is 5.92 Å². The van der Waals surface area contributed by atoms with Crippen molar-refractivity contribution in [2.45, 2.75) is 32.6 Å². The first-order valence-corrected chi connectivity index (χ1v) is 6.79. The summed E-state index contributed by atoms with van der Waals surface area (Å²) in [5.74, 6) is 2.04. The highest BCUT2D eigenvalue weighted by Crippen LogP contribution is 2.34. The van der Waals surface area contributed by atoms with Gasteiger partial charge in [-0.25, -0.2) is 0 Å². The molecule has 1 unspecified atom stereocenters. The minimum Gasteiger partial charge on any atom is -0.0653 e. The molecular formula is C18H21. The molecule has 93 valence electrons. The molecular weight excluding hydrogens is 216 g/mol. The molecule has 2 aromatic rings. The first-order valence-electron chi connectivity index (χ1n) is 6.79. The molecule has 0 heteroatoms. The monoisotopic (exact) mass is 237 g/mol. The number of hydrogen-bond acceptors (Lipinski definition) is 0. The highest BCUT2D eigenvalue weighted by atomic mass is 14.2.